The summed E-state index contributed by atoms with van der Waals surface area (Å²) in [4.78, 5) is 12.7. The molecule has 1 aromatic heterocycles. The van der Waals surface area contributed by atoms with Crippen LogP contribution < -0.4 is 15.8 Å². The van der Waals surface area contributed by atoms with E-state index in [4.69, 9.17) is 17.3 Å². The van der Waals surface area contributed by atoms with E-state index in [-0.39, 0.29) is 22.8 Å². The molecule has 38 heavy (non-hydrogen) atoms. The van der Waals surface area contributed by atoms with Gasteiger partial charge in [0.25, 0.3) is 5.91 Å². The molecule has 13 heteroatoms. The number of carbonyl (C=O) groups is 1. The van der Waals surface area contributed by atoms with Gasteiger partial charge in [0.15, 0.2) is 5.69 Å². The SMILES string of the molecule is Nc1ccc(CCNS(=O)(=O)c2cccc(NC(=O)c3cnn(-c4ccc(Cl)cc4)c3C(F)(F)F)c2)cc1. The summed E-state index contributed by atoms with van der Waals surface area (Å²) in [5.74, 6) is -1.11. The van der Waals surface area contributed by atoms with Gasteiger partial charge in [-0.1, -0.05) is 29.8 Å². The largest absolute Gasteiger partial charge is 0.434 e. The van der Waals surface area contributed by atoms with Crippen LogP contribution in [0.25, 0.3) is 5.69 Å². The third-order valence-corrected chi connectivity index (χ3v) is 7.15. The number of sulfonamides is 1. The van der Waals surface area contributed by atoms with Gasteiger partial charge in [0.1, 0.15) is 0 Å². The van der Waals surface area contributed by atoms with Crippen LogP contribution in [0.2, 0.25) is 5.02 Å². The molecule has 0 aliphatic heterocycles. The van der Waals surface area contributed by atoms with Crippen molar-refractivity contribution in [2.45, 2.75) is 17.5 Å². The number of hydrogen-bond donors (Lipinski definition) is 3. The van der Waals surface area contributed by atoms with Crippen molar-refractivity contribution in [3.8, 4) is 5.69 Å². The highest BCUT2D eigenvalue weighted by Gasteiger charge is 2.40. The maximum Gasteiger partial charge on any atom is 0.434 e. The average molecular weight is 564 g/mol. The first-order chi connectivity index (χ1) is 17.9. The minimum Gasteiger partial charge on any atom is -0.399 e. The molecular formula is C25H21ClF3N5O3S. The number of benzene rings is 3. The normalized spacial score (nSPS) is 11.9. The highest BCUT2D eigenvalue weighted by atomic mass is 35.5. The number of alkyl halides is 3. The second-order valence-electron chi connectivity index (χ2n) is 8.16. The Morgan fingerprint density at radius 3 is 2.37 bits per heavy atom. The zero-order chi connectivity index (χ0) is 27.5. The van der Waals surface area contributed by atoms with Gasteiger partial charge in [0.2, 0.25) is 10.0 Å². The Morgan fingerprint density at radius 2 is 1.71 bits per heavy atom. The lowest BCUT2D eigenvalue weighted by Crippen LogP contribution is -2.26. The number of nitrogen functional groups attached to an aromatic ring is 1. The first kappa shape index (κ1) is 27.2. The van der Waals surface area contributed by atoms with E-state index in [0.717, 1.165) is 17.8 Å². The van der Waals surface area contributed by atoms with E-state index in [1.165, 1.54) is 42.5 Å². The van der Waals surface area contributed by atoms with Crippen LogP contribution in [-0.2, 0) is 22.6 Å². The molecular weight excluding hydrogens is 543 g/mol. The highest BCUT2D eigenvalue weighted by Crippen LogP contribution is 2.34. The molecule has 4 aromatic rings. The third-order valence-electron chi connectivity index (χ3n) is 5.44. The molecule has 0 aliphatic carbocycles. The smallest absolute Gasteiger partial charge is 0.399 e. The fraction of sp³-hybridized carbons (Fsp3) is 0.120. The van der Waals surface area contributed by atoms with Gasteiger partial charge in [-0.15, -0.1) is 0 Å². The molecule has 1 amide bonds. The summed E-state index contributed by atoms with van der Waals surface area (Å²) in [5.41, 5.74) is 5.13. The number of aromatic nitrogens is 2. The van der Waals surface area contributed by atoms with Gasteiger partial charge in [-0.05, 0) is 66.6 Å². The molecule has 4 N–H and O–H groups in total. The zero-order valence-corrected chi connectivity index (χ0v) is 21.1. The topological polar surface area (TPSA) is 119 Å². The molecule has 0 unspecified atom stereocenters. The van der Waals surface area contributed by atoms with Crippen LogP contribution in [0, 0.1) is 0 Å². The van der Waals surface area contributed by atoms with Gasteiger partial charge in [-0.25, -0.2) is 17.8 Å². The number of rotatable bonds is 8. The number of halogens is 4. The maximum absolute atomic E-state index is 13.9. The zero-order valence-electron chi connectivity index (χ0n) is 19.5. The lowest BCUT2D eigenvalue weighted by atomic mass is 10.1. The molecule has 4 rings (SSSR count). The Morgan fingerprint density at radius 1 is 1.03 bits per heavy atom. The summed E-state index contributed by atoms with van der Waals surface area (Å²) in [7, 11) is -3.96. The van der Waals surface area contributed by atoms with Crippen molar-refractivity contribution < 1.29 is 26.4 Å². The van der Waals surface area contributed by atoms with Crippen LogP contribution in [0.15, 0.2) is 83.9 Å². The van der Waals surface area contributed by atoms with Gasteiger partial charge in [-0.3, -0.25) is 4.79 Å². The molecule has 1 heterocycles. The Hall–Kier alpha value is -3.87. The summed E-state index contributed by atoms with van der Waals surface area (Å²) in [6.07, 6.45) is -3.71. The summed E-state index contributed by atoms with van der Waals surface area (Å²) in [6.45, 7) is 0.0989. The lowest BCUT2D eigenvalue weighted by Gasteiger charge is -2.13. The van der Waals surface area contributed by atoms with Crippen LogP contribution in [0.1, 0.15) is 21.6 Å². The highest BCUT2D eigenvalue weighted by molar-refractivity contribution is 7.89. The molecule has 3 aromatic carbocycles. The van der Waals surface area contributed by atoms with Gasteiger partial charge >= 0.3 is 6.18 Å². The Kier molecular flexibility index (Phi) is 7.76. The lowest BCUT2D eigenvalue weighted by molar-refractivity contribution is -0.143. The fourth-order valence-electron chi connectivity index (χ4n) is 3.60. The average Bonchev–Trinajstić information content (AvgIpc) is 3.32. The monoisotopic (exact) mass is 563 g/mol. The second kappa shape index (κ2) is 10.9. The van der Waals surface area contributed by atoms with E-state index in [2.05, 4.69) is 15.1 Å². The van der Waals surface area contributed by atoms with Gasteiger partial charge in [-0.2, -0.15) is 18.3 Å². The van der Waals surface area contributed by atoms with Crippen molar-refractivity contribution in [1.82, 2.24) is 14.5 Å². The molecule has 0 aliphatic rings. The number of amides is 1. The predicted molar refractivity (Wildman–Crippen MR) is 138 cm³/mol. The van der Waals surface area contributed by atoms with Crippen molar-refractivity contribution in [3.05, 3.63) is 101 Å². The van der Waals surface area contributed by atoms with Crippen molar-refractivity contribution >= 4 is 38.9 Å². The van der Waals surface area contributed by atoms with Crippen molar-refractivity contribution in [2.24, 2.45) is 0 Å². The molecule has 0 saturated carbocycles. The Labute approximate surface area is 221 Å². The maximum atomic E-state index is 13.9. The first-order valence-corrected chi connectivity index (χ1v) is 13.0. The van der Waals surface area contributed by atoms with Crippen molar-refractivity contribution in [1.29, 1.82) is 0 Å². The molecule has 0 bridgehead atoms. The minimum atomic E-state index is -4.91. The first-order valence-electron chi connectivity index (χ1n) is 11.1. The number of anilines is 2. The molecule has 0 saturated heterocycles. The number of nitrogens with one attached hydrogen (secondary N) is 2. The number of carbonyl (C=O) groups excluding carboxylic acids is 1. The van der Waals surface area contributed by atoms with Gasteiger partial charge in [0, 0.05) is 22.9 Å². The van der Waals surface area contributed by atoms with Crippen LogP contribution in [0.4, 0.5) is 24.5 Å². The molecule has 0 atom stereocenters. The van der Waals surface area contributed by atoms with Crippen LogP contribution in [-0.4, -0.2) is 30.7 Å². The molecule has 8 nitrogen and oxygen atoms in total. The van der Waals surface area contributed by atoms with Crippen molar-refractivity contribution in [3.63, 3.8) is 0 Å². The number of hydrogen-bond acceptors (Lipinski definition) is 5. The number of nitrogens with two attached hydrogens (primary N) is 1. The van der Waals surface area contributed by atoms with E-state index < -0.39 is 33.4 Å². The second-order valence-corrected chi connectivity index (χ2v) is 10.4. The van der Waals surface area contributed by atoms with E-state index >= 15 is 0 Å². The van der Waals surface area contributed by atoms with Crippen LogP contribution >= 0.6 is 11.6 Å². The van der Waals surface area contributed by atoms with E-state index in [9.17, 15) is 26.4 Å². The van der Waals surface area contributed by atoms with E-state index in [0.29, 0.717) is 21.8 Å². The van der Waals surface area contributed by atoms with Crippen molar-refractivity contribution in [2.75, 3.05) is 17.6 Å². The summed E-state index contributed by atoms with van der Waals surface area (Å²) in [5, 5.41) is 6.39. The quantitative estimate of drug-likeness (QED) is 0.263. The Balaban J connectivity index is 1.52. The summed E-state index contributed by atoms with van der Waals surface area (Å²) < 4.78 is 70.3. The summed E-state index contributed by atoms with van der Waals surface area (Å²) >= 11 is 5.81. The molecule has 0 fully saturated rings. The molecule has 0 spiro atoms. The standard InChI is InChI=1S/C25H21ClF3N5O3S/c26-17-6-10-20(11-7-17)34-23(25(27,28)29)22(15-31-34)24(35)33-19-2-1-3-21(14-19)38(36,37)32-13-12-16-4-8-18(30)9-5-16/h1-11,14-15,32H,12-13,30H2,(H,33,35). The molecule has 198 valence electrons. The summed E-state index contributed by atoms with van der Waals surface area (Å²) in [6, 6.07) is 17.6. The van der Waals surface area contributed by atoms with E-state index in [1.54, 1.807) is 24.3 Å². The number of nitrogens with zero attached hydrogens (tertiary/aromatic N) is 2. The fourth-order valence-corrected chi connectivity index (χ4v) is 4.81. The molecule has 0 radical (unpaired) electrons. The van der Waals surface area contributed by atoms with Gasteiger partial charge in [0.05, 0.1) is 22.3 Å². The van der Waals surface area contributed by atoms with Gasteiger partial charge < -0.3 is 11.1 Å². The van der Waals surface area contributed by atoms with Crippen LogP contribution in [0.5, 0.6) is 0 Å². The Bertz CT molecular complexity index is 1550. The third kappa shape index (κ3) is 6.33. The predicted octanol–water partition coefficient (Wildman–Crippen LogP) is 4.90. The van der Waals surface area contributed by atoms with E-state index in [1.807, 2.05) is 0 Å². The van der Waals surface area contributed by atoms with Crippen LogP contribution in [0.3, 0.4) is 0 Å². The minimum absolute atomic E-state index is 0.0104.